The van der Waals surface area contributed by atoms with E-state index in [1.807, 2.05) is 0 Å². The van der Waals surface area contributed by atoms with Gasteiger partial charge in [-0.3, -0.25) is 0 Å². The first-order valence-electron chi connectivity index (χ1n) is 6.29. The Hall–Kier alpha value is -0.440. The highest BCUT2D eigenvalue weighted by Crippen LogP contribution is 2.45. The second-order valence-corrected chi connectivity index (χ2v) is 4.84. The quantitative estimate of drug-likeness (QED) is 0.460. The molecule has 1 aliphatic rings. The van der Waals surface area contributed by atoms with Crippen molar-refractivity contribution in [2.45, 2.75) is 57.4 Å². The van der Waals surface area contributed by atoms with Crippen LogP contribution in [0.15, 0.2) is 5.11 Å². The van der Waals surface area contributed by atoms with E-state index < -0.39 is 0 Å². The van der Waals surface area contributed by atoms with Gasteiger partial charge in [0.25, 0.3) is 0 Å². The summed E-state index contributed by atoms with van der Waals surface area (Å²) in [6, 6.07) is 0. The number of nitrogens with zero attached hydrogens (tertiary/aromatic N) is 2. The molecule has 88 valence electrons. The summed E-state index contributed by atoms with van der Waals surface area (Å²) in [6.45, 7) is 4.21. The van der Waals surface area contributed by atoms with Crippen LogP contribution in [-0.4, -0.2) is 30.6 Å². The lowest BCUT2D eigenvalue weighted by Gasteiger charge is -2.27. The third-order valence-corrected chi connectivity index (χ3v) is 3.61. The Bertz CT molecular complexity index is 187. The van der Waals surface area contributed by atoms with Gasteiger partial charge >= 0.3 is 0 Å². The van der Waals surface area contributed by atoms with Gasteiger partial charge in [-0.15, -0.1) is 0 Å². The molecule has 0 unspecified atom stereocenters. The van der Waals surface area contributed by atoms with E-state index in [0.717, 1.165) is 13.0 Å². The number of unbranched alkanes of at least 4 members (excludes halogenated alkanes) is 2. The Balaban J connectivity index is 2.11. The van der Waals surface area contributed by atoms with Gasteiger partial charge in [-0.2, -0.15) is 5.11 Å². The first-order chi connectivity index (χ1) is 7.25. The zero-order valence-corrected chi connectivity index (χ0v) is 10.3. The predicted molar refractivity (Wildman–Crippen MR) is 63.4 cm³/mol. The van der Waals surface area contributed by atoms with Gasteiger partial charge in [0.05, 0.1) is 6.54 Å². The third-order valence-electron chi connectivity index (χ3n) is 3.61. The summed E-state index contributed by atoms with van der Waals surface area (Å²) in [5.41, 5.74) is 7.28. The van der Waals surface area contributed by atoms with Crippen LogP contribution in [0.2, 0.25) is 0 Å². The molecule has 1 saturated carbocycles. The van der Waals surface area contributed by atoms with Gasteiger partial charge in [0.1, 0.15) is 0 Å². The first-order valence-corrected chi connectivity index (χ1v) is 6.29. The van der Waals surface area contributed by atoms with E-state index in [9.17, 15) is 0 Å². The molecule has 0 aromatic carbocycles. The second-order valence-electron chi connectivity index (χ2n) is 4.84. The monoisotopic (exact) mass is 211 g/mol. The van der Waals surface area contributed by atoms with Crippen molar-refractivity contribution >= 4 is 0 Å². The maximum absolute atomic E-state index is 6.71. The van der Waals surface area contributed by atoms with Gasteiger partial charge in [0.15, 0.2) is 0 Å². The van der Waals surface area contributed by atoms with E-state index in [-0.39, 0.29) is 0 Å². The smallest absolute Gasteiger partial charge is 0.0596 e. The van der Waals surface area contributed by atoms with Crippen molar-refractivity contribution in [2.24, 2.45) is 5.11 Å². The number of nitrogens with one attached hydrogen (secondary N) is 1. The maximum Gasteiger partial charge on any atom is 0.0596 e. The molecule has 1 aliphatic carbocycles. The average molecular weight is 211 g/mol. The minimum atomic E-state index is 0.564. The molecule has 1 rings (SSSR count). The lowest BCUT2D eigenvalue weighted by molar-refractivity contribution is 0.205. The van der Waals surface area contributed by atoms with Gasteiger partial charge in [-0.05, 0) is 45.7 Å². The van der Waals surface area contributed by atoms with E-state index >= 15 is 0 Å². The van der Waals surface area contributed by atoms with Crippen LogP contribution in [0, 0.1) is 5.53 Å². The van der Waals surface area contributed by atoms with Gasteiger partial charge < -0.3 is 4.90 Å². The summed E-state index contributed by atoms with van der Waals surface area (Å²) < 4.78 is 0. The SMILES string of the molecule is CCCN(C)C1(CCCCCN=N)CC1. The molecule has 0 saturated heterocycles. The Kier molecular flexibility index (Phi) is 5.23. The van der Waals surface area contributed by atoms with Crippen molar-refractivity contribution in [3.05, 3.63) is 0 Å². The molecule has 0 aliphatic heterocycles. The predicted octanol–water partition coefficient (Wildman–Crippen LogP) is 3.45. The van der Waals surface area contributed by atoms with Crippen LogP contribution in [0.4, 0.5) is 0 Å². The van der Waals surface area contributed by atoms with E-state index in [2.05, 4.69) is 24.0 Å². The molecular weight excluding hydrogens is 186 g/mol. The Morgan fingerprint density at radius 1 is 1.27 bits per heavy atom. The van der Waals surface area contributed by atoms with Crippen molar-refractivity contribution in [1.29, 1.82) is 5.53 Å². The molecule has 15 heavy (non-hydrogen) atoms. The third kappa shape index (κ3) is 3.90. The molecule has 1 N–H and O–H groups in total. The van der Waals surface area contributed by atoms with Crippen LogP contribution in [0.1, 0.15) is 51.9 Å². The van der Waals surface area contributed by atoms with E-state index in [0.29, 0.717) is 5.54 Å². The zero-order chi connectivity index (χ0) is 11.1. The molecular formula is C12H25N3. The fourth-order valence-corrected chi connectivity index (χ4v) is 2.36. The highest BCUT2D eigenvalue weighted by molar-refractivity contribution is 5.02. The molecule has 3 heteroatoms. The summed E-state index contributed by atoms with van der Waals surface area (Å²) in [7, 11) is 2.27. The van der Waals surface area contributed by atoms with Gasteiger partial charge in [-0.1, -0.05) is 19.8 Å². The van der Waals surface area contributed by atoms with Crippen LogP contribution in [0.3, 0.4) is 0 Å². The Labute approximate surface area is 93.7 Å². The van der Waals surface area contributed by atoms with E-state index in [1.165, 1.54) is 45.1 Å². The first kappa shape index (κ1) is 12.6. The molecule has 0 heterocycles. The van der Waals surface area contributed by atoms with Crippen LogP contribution in [-0.2, 0) is 0 Å². The molecule has 0 amide bonds. The fourth-order valence-electron chi connectivity index (χ4n) is 2.36. The Morgan fingerprint density at radius 3 is 2.53 bits per heavy atom. The van der Waals surface area contributed by atoms with Gasteiger partial charge in [-0.25, -0.2) is 5.53 Å². The molecule has 0 radical (unpaired) electrons. The summed E-state index contributed by atoms with van der Waals surface area (Å²) in [5.74, 6) is 0. The average Bonchev–Trinajstić information content (AvgIpc) is 2.99. The van der Waals surface area contributed by atoms with E-state index in [1.54, 1.807) is 0 Å². The van der Waals surface area contributed by atoms with Crippen LogP contribution >= 0.6 is 0 Å². The highest BCUT2D eigenvalue weighted by atomic mass is 15.2. The van der Waals surface area contributed by atoms with Crippen LogP contribution in [0.5, 0.6) is 0 Å². The largest absolute Gasteiger partial charge is 0.301 e. The molecule has 0 aromatic heterocycles. The summed E-state index contributed by atoms with van der Waals surface area (Å²) in [4.78, 5) is 2.56. The zero-order valence-electron chi connectivity index (χ0n) is 10.3. The van der Waals surface area contributed by atoms with Crippen molar-refractivity contribution in [2.75, 3.05) is 20.1 Å². The van der Waals surface area contributed by atoms with Gasteiger partial charge in [0, 0.05) is 5.54 Å². The standard InChI is InChI=1S/C12H25N3/c1-3-11-15(2)12(8-9-12)7-5-4-6-10-14-13/h13H,3-11H2,1-2H3. The number of hydrogen-bond donors (Lipinski definition) is 1. The maximum atomic E-state index is 6.71. The highest BCUT2D eigenvalue weighted by Gasteiger charge is 2.44. The molecule has 0 bridgehead atoms. The lowest BCUT2D eigenvalue weighted by atomic mass is 10.0. The van der Waals surface area contributed by atoms with Crippen molar-refractivity contribution in [3.8, 4) is 0 Å². The van der Waals surface area contributed by atoms with Crippen LogP contribution < -0.4 is 0 Å². The van der Waals surface area contributed by atoms with Crippen molar-refractivity contribution < 1.29 is 0 Å². The van der Waals surface area contributed by atoms with Crippen molar-refractivity contribution in [1.82, 2.24) is 4.90 Å². The lowest BCUT2D eigenvalue weighted by Crippen LogP contribution is -2.34. The number of rotatable bonds is 9. The minimum absolute atomic E-state index is 0.564. The number of hydrogen-bond acceptors (Lipinski definition) is 3. The molecule has 1 fully saturated rings. The molecule has 0 spiro atoms. The normalized spacial score (nSPS) is 18.1. The van der Waals surface area contributed by atoms with Crippen molar-refractivity contribution in [3.63, 3.8) is 0 Å². The molecule has 0 atom stereocenters. The fraction of sp³-hybridized carbons (Fsp3) is 1.00. The summed E-state index contributed by atoms with van der Waals surface area (Å²) in [5, 5.41) is 3.39. The van der Waals surface area contributed by atoms with Gasteiger partial charge in [0.2, 0.25) is 0 Å². The minimum Gasteiger partial charge on any atom is -0.301 e. The topological polar surface area (TPSA) is 39.5 Å². The summed E-state index contributed by atoms with van der Waals surface area (Å²) in [6.07, 6.45) is 9.04. The summed E-state index contributed by atoms with van der Waals surface area (Å²) >= 11 is 0. The Morgan fingerprint density at radius 2 is 2.00 bits per heavy atom. The molecule has 0 aromatic rings. The second kappa shape index (κ2) is 6.21. The molecule has 3 nitrogen and oxygen atoms in total. The van der Waals surface area contributed by atoms with Crippen LogP contribution in [0.25, 0.3) is 0 Å². The van der Waals surface area contributed by atoms with E-state index in [4.69, 9.17) is 5.53 Å².